The lowest BCUT2D eigenvalue weighted by Crippen LogP contribution is -2.54. The van der Waals surface area contributed by atoms with Crippen LogP contribution in [0.4, 0.5) is 0 Å². The number of ether oxygens (including phenoxy) is 1. The molecule has 20 heavy (non-hydrogen) atoms. The molecule has 2 amide bonds. The lowest BCUT2D eigenvalue weighted by atomic mass is 10.0. The first kappa shape index (κ1) is 13.9. The van der Waals surface area contributed by atoms with Gasteiger partial charge >= 0.3 is 5.97 Å². The van der Waals surface area contributed by atoms with E-state index in [9.17, 15) is 19.5 Å². The number of hydrogen-bond acceptors (Lipinski definition) is 5. The molecule has 2 rings (SSSR count). The van der Waals surface area contributed by atoms with Gasteiger partial charge in [-0.05, 0) is 18.2 Å². The fraction of sp³-hybridized carbons (Fsp3) is 0.308. The van der Waals surface area contributed by atoms with E-state index in [0.29, 0.717) is 0 Å². The molecule has 2 N–H and O–H groups in total. The standard InChI is InChI=1S/C13H14N2O5/c1-20-13(19)9-6-11(17)14-15(7-9)12(18)8-3-2-4-10(16)5-8/h2-5,9,16H,6-7H2,1H3,(H,14,17). The quantitative estimate of drug-likeness (QED) is 0.746. The summed E-state index contributed by atoms with van der Waals surface area (Å²) in [6.45, 7) is 0.0346. The van der Waals surface area contributed by atoms with Gasteiger partial charge in [-0.25, -0.2) is 5.01 Å². The van der Waals surface area contributed by atoms with Gasteiger partial charge < -0.3 is 9.84 Å². The molecular formula is C13H14N2O5. The summed E-state index contributed by atoms with van der Waals surface area (Å²) in [6, 6.07) is 5.75. The summed E-state index contributed by atoms with van der Waals surface area (Å²) in [7, 11) is 1.23. The van der Waals surface area contributed by atoms with Crippen molar-refractivity contribution in [1.82, 2.24) is 10.4 Å². The number of esters is 1. The Morgan fingerprint density at radius 3 is 2.85 bits per heavy atom. The van der Waals surface area contributed by atoms with Gasteiger partial charge in [-0.15, -0.1) is 0 Å². The average Bonchev–Trinajstić information content (AvgIpc) is 2.45. The topological polar surface area (TPSA) is 95.9 Å². The van der Waals surface area contributed by atoms with Crippen LogP contribution in [-0.4, -0.2) is 41.6 Å². The van der Waals surface area contributed by atoms with E-state index in [2.05, 4.69) is 10.2 Å². The molecule has 1 saturated heterocycles. The van der Waals surface area contributed by atoms with Crippen LogP contribution in [0.25, 0.3) is 0 Å². The number of carbonyl (C=O) groups excluding carboxylic acids is 3. The van der Waals surface area contributed by atoms with Crippen LogP contribution in [0, 0.1) is 5.92 Å². The summed E-state index contributed by atoms with van der Waals surface area (Å²) in [4.78, 5) is 35.2. The minimum atomic E-state index is -0.685. The molecule has 1 fully saturated rings. The number of rotatable bonds is 2. The van der Waals surface area contributed by atoms with Gasteiger partial charge in [-0.1, -0.05) is 6.07 Å². The molecular weight excluding hydrogens is 264 g/mol. The second-order valence-electron chi connectivity index (χ2n) is 4.43. The maximum absolute atomic E-state index is 12.2. The van der Waals surface area contributed by atoms with E-state index in [1.54, 1.807) is 0 Å². The van der Waals surface area contributed by atoms with Gasteiger partial charge in [0.15, 0.2) is 0 Å². The molecule has 7 nitrogen and oxygen atoms in total. The molecule has 1 atom stereocenters. The van der Waals surface area contributed by atoms with Crippen LogP contribution < -0.4 is 5.43 Å². The van der Waals surface area contributed by atoms with E-state index in [1.807, 2.05) is 0 Å². The van der Waals surface area contributed by atoms with Crippen LogP contribution in [0.1, 0.15) is 16.8 Å². The molecule has 1 aromatic rings. The largest absolute Gasteiger partial charge is 0.508 e. The highest BCUT2D eigenvalue weighted by atomic mass is 16.5. The summed E-state index contributed by atoms with van der Waals surface area (Å²) in [5.41, 5.74) is 2.62. The van der Waals surface area contributed by atoms with Crippen molar-refractivity contribution in [2.45, 2.75) is 6.42 Å². The van der Waals surface area contributed by atoms with Gasteiger partial charge in [0.1, 0.15) is 5.75 Å². The van der Waals surface area contributed by atoms with Gasteiger partial charge in [0.2, 0.25) is 5.91 Å². The maximum Gasteiger partial charge on any atom is 0.311 e. The maximum atomic E-state index is 12.2. The van der Waals surface area contributed by atoms with E-state index in [0.717, 1.165) is 5.01 Å². The smallest absolute Gasteiger partial charge is 0.311 e. The van der Waals surface area contributed by atoms with Gasteiger partial charge in [0.05, 0.1) is 19.6 Å². The van der Waals surface area contributed by atoms with Gasteiger partial charge in [-0.3, -0.25) is 19.8 Å². The van der Waals surface area contributed by atoms with E-state index in [-0.39, 0.29) is 24.3 Å². The Morgan fingerprint density at radius 1 is 1.45 bits per heavy atom. The first-order valence-corrected chi connectivity index (χ1v) is 5.99. The Morgan fingerprint density at radius 2 is 2.20 bits per heavy atom. The van der Waals surface area contributed by atoms with Gasteiger partial charge in [0, 0.05) is 12.0 Å². The molecule has 1 aromatic carbocycles. The highest BCUT2D eigenvalue weighted by Gasteiger charge is 2.33. The van der Waals surface area contributed by atoms with E-state index >= 15 is 0 Å². The van der Waals surface area contributed by atoms with Crippen molar-refractivity contribution in [3.63, 3.8) is 0 Å². The van der Waals surface area contributed by atoms with Crippen molar-refractivity contribution in [2.24, 2.45) is 5.92 Å². The lowest BCUT2D eigenvalue weighted by Gasteiger charge is -2.31. The molecule has 0 aliphatic carbocycles. The molecule has 0 spiro atoms. The van der Waals surface area contributed by atoms with Crippen LogP contribution in [0.3, 0.4) is 0 Å². The average molecular weight is 278 g/mol. The molecule has 1 aliphatic heterocycles. The number of carbonyl (C=O) groups is 3. The van der Waals surface area contributed by atoms with Crippen LogP contribution in [0.5, 0.6) is 5.75 Å². The predicted octanol–water partition coefficient (Wildman–Crippen LogP) is 0.0585. The fourth-order valence-corrected chi connectivity index (χ4v) is 2.00. The molecule has 1 aliphatic rings. The lowest BCUT2D eigenvalue weighted by molar-refractivity contribution is -0.151. The number of phenolic OH excluding ortho intramolecular Hbond substituents is 1. The van der Waals surface area contributed by atoms with E-state index in [4.69, 9.17) is 0 Å². The zero-order valence-electron chi connectivity index (χ0n) is 10.8. The van der Waals surface area contributed by atoms with Crippen molar-refractivity contribution in [3.8, 4) is 5.75 Å². The molecule has 0 aromatic heterocycles. The number of hydrogen-bond donors (Lipinski definition) is 2. The van der Waals surface area contributed by atoms with Crippen molar-refractivity contribution in [3.05, 3.63) is 29.8 Å². The summed E-state index contributed by atoms with van der Waals surface area (Å²) in [5, 5.41) is 10.4. The van der Waals surface area contributed by atoms with E-state index in [1.165, 1.54) is 31.4 Å². The molecule has 0 saturated carbocycles. The third-order valence-electron chi connectivity index (χ3n) is 2.97. The number of aromatic hydroxyl groups is 1. The summed E-state index contributed by atoms with van der Waals surface area (Å²) in [5.74, 6) is -2.20. The number of hydrazine groups is 1. The Labute approximate surface area is 115 Å². The Bertz CT molecular complexity index is 557. The van der Waals surface area contributed by atoms with Crippen LogP contribution in [0.2, 0.25) is 0 Å². The highest BCUT2D eigenvalue weighted by molar-refractivity contribution is 5.97. The SMILES string of the molecule is COC(=O)C1CC(=O)NN(C(=O)c2cccc(O)c2)C1. The number of nitrogens with zero attached hydrogens (tertiary/aromatic N) is 1. The molecule has 7 heteroatoms. The van der Waals surface area contributed by atoms with Gasteiger partial charge in [0.25, 0.3) is 5.91 Å². The second-order valence-corrected chi connectivity index (χ2v) is 4.43. The normalized spacial score (nSPS) is 18.4. The Kier molecular flexibility index (Phi) is 3.88. The molecule has 1 heterocycles. The number of benzene rings is 1. The monoisotopic (exact) mass is 278 g/mol. The first-order valence-electron chi connectivity index (χ1n) is 5.99. The van der Waals surface area contributed by atoms with Crippen molar-refractivity contribution < 1.29 is 24.2 Å². The highest BCUT2D eigenvalue weighted by Crippen LogP contribution is 2.17. The Balaban J connectivity index is 2.17. The number of amides is 2. The zero-order valence-corrected chi connectivity index (χ0v) is 10.8. The summed E-state index contributed by atoms with van der Waals surface area (Å²) >= 11 is 0. The summed E-state index contributed by atoms with van der Waals surface area (Å²) in [6.07, 6.45) is -0.0174. The predicted molar refractivity (Wildman–Crippen MR) is 67.4 cm³/mol. The minimum Gasteiger partial charge on any atom is -0.508 e. The summed E-state index contributed by atoms with van der Waals surface area (Å²) < 4.78 is 4.59. The zero-order chi connectivity index (χ0) is 14.7. The Hall–Kier alpha value is -2.57. The van der Waals surface area contributed by atoms with Crippen molar-refractivity contribution in [1.29, 1.82) is 0 Å². The van der Waals surface area contributed by atoms with Crippen molar-refractivity contribution >= 4 is 17.8 Å². The van der Waals surface area contributed by atoms with Crippen molar-refractivity contribution in [2.75, 3.05) is 13.7 Å². The van der Waals surface area contributed by atoms with Crippen LogP contribution in [-0.2, 0) is 14.3 Å². The number of nitrogens with one attached hydrogen (secondary N) is 1. The molecule has 1 unspecified atom stereocenters. The minimum absolute atomic E-state index is 0.0174. The van der Waals surface area contributed by atoms with E-state index < -0.39 is 23.7 Å². The molecule has 106 valence electrons. The second kappa shape index (κ2) is 5.60. The molecule has 0 bridgehead atoms. The fourth-order valence-electron chi connectivity index (χ4n) is 2.00. The third kappa shape index (κ3) is 2.87. The van der Waals surface area contributed by atoms with Crippen LogP contribution in [0.15, 0.2) is 24.3 Å². The molecule has 0 radical (unpaired) electrons. The number of phenols is 1. The first-order chi connectivity index (χ1) is 9.51. The van der Waals surface area contributed by atoms with Gasteiger partial charge in [-0.2, -0.15) is 0 Å². The third-order valence-corrected chi connectivity index (χ3v) is 2.97. The van der Waals surface area contributed by atoms with Crippen LogP contribution >= 0.6 is 0 Å². The number of methoxy groups -OCH3 is 1.